The van der Waals surface area contributed by atoms with Crippen molar-refractivity contribution >= 4 is 5.91 Å². The molecule has 0 saturated carbocycles. The highest BCUT2D eigenvalue weighted by atomic mass is 16.5. The van der Waals surface area contributed by atoms with Gasteiger partial charge in [0.2, 0.25) is 0 Å². The highest BCUT2D eigenvalue weighted by molar-refractivity contribution is 5.94. The fourth-order valence-corrected chi connectivity index (χ4v) is 1.49. The van der Waals surface area contributed by atoms with Gasteiger partial charge in [-0.15, -0.1) is 0 Å². The minimum Gasteiger partial charge on any atom is -0.364 e. The van der Waals surface area contributed by atoms with Crippen molar-refractivity contribution in [3.8, 4) is 0 Å². The second-order valence-corrected chi connectivity index (χ2v) is 3.98. The van der Waals surface area contributed by atoms with Gasteiger partial charge in [0.15, 0.2) is 0 Å². The quantitative estimate of drug-likeness (QED) is 0.879. The lowest BCUT2D eigenvalue weighted by Crippen LogP contribution is -2.23. The summed E-state index contributed by atoms with van der Waals surface area (Å²) >= 11 is 0. The molecule has 4 heteroatoms. The summed E-state index contributed by atoms with van der Waals surface area (Å²) in [7, 11) is 0. The summed E-state index contributed by atoms with van der Waals surface area (Å²) in [6, 6.07) is 8.03. The van der Waals surface area contributed by atoms with Gasteiger partial charge in [-0.05, 0) is 19.4 Å². The van der Waals surface area contributed by atoms with Crippen LogP contribution in [0, 0.1) is 13.8 Å². The summed E-state index contributed by atoms with van der Waals surface area (Å²) in [6.45, 7) is 4.27. The lowest BCUT2D eigenvalue weighted by atomic mass is 10.1. The number of carbonyl (C=O) groups is 1. The summed E-state index contributed by atoms with van der Waals surface area (Å²) in [5.41, 5.74) is 3.36. The highest BCUT2D eigenvalue weighted by Crippen LogP contribution is 2.06. The van der Waals surface area contributed by atoms with Crippen molar-refractivity contribution in [2.45, 2.75) is 20.4 Å². The fraction of sp³-hybridized carbons (Fsp3) is 0.231. The topological polar surface area (TPSA) is 55.1 Å². The monoisotopic (exact) mass is 230 g/mol. The predicted molar refractivity (Wildman–Crippen MR) is 63.6 cm³/mol. The molecule has 4 nitrogen and oxygen atoms in total. The van der Waals surface area contributed by atoms with Crippen LogP contribution in [0.2, 0.25) is 0 Å². The number of aryl methyl sites for hydroxylation is 2. The second kappa shape index (κ2) is 4.82. The molecule has 0 unspecified atom stereocenters. The van der Waals surface area contributed by atoms with Gasteiger partial charge in [0.25, 0.3) is 5.91 Å². The number of carbonyl (C=O) groups excluding carboxylic acids is 1. The average molecular weight is 230 g/mol. The zero-order valence-corrected chi connectivity index (χ0v) is 9.86. The number of hydrogen-bond acceptors (Lipinski definition) is 3. The smallest absolute Gasteiger partial charge is 0.256 e. The third kappa shape index (κ3) is 2.72. The first kappa shape index (κ1) is 11.4. The van der Waals surface area contributed by atoms with Crippen LogP contribution in [0.3, 0.4) is 0 Å². The minimum atomic E-state index is -0.163. The summed E-state index contributed by atoms with van der Waals surface area (Å²) in [4.78, 5) is 11.8. The van der Waals surface area contributed by atoms with Crippen LogP contribution in [-0.4, -0.2) is 11.1 Å². The summed E-state index contributed by atoms with van der Waals surface area (Å²) in [5.74, 6) is -0.163. The van der Waals surface area contributed by atoms with Crippen molar-refractivity contribution in [2.75, 3.05) is 0 Å². The Morgan fingerprint density at radius 1 is 1.29 bits per heavy atom. The average Bonchev–Trinajstić information content (AvgIpc) is 2.74. The number of amides is 1. The molecule has 0 atom stereocenters. The maximum Gasteiger partial charge on any atom is 0.256 e. The second-order valence-electron chi connectivity index (χ2n) is 3.98. The van der Waals surface area contributed by atoms with E-state index >= 15 is 0 Å². The molecule has 0 aliphatic carbocycles. The van der Waals surface area contributed by atoms with Gasteiger partial charge >= 0.3 is 0 Å². The van der Waals surface area contributed by atoms with E-state index in [0.717, 1.165) is 5.56 Å². The number of aromatic nitrogens is 1. The van der Waals surface area contributed by atoms with Crippen LogP contribution in [0.25, 0.3) is 0 Å². The maximum atomic E-state index is 11.8. The van der Waals surface area contributed by atoms with Crippen molar-refractivity contribution in [3.63, 3.8) is 0 Å². The summed E-state index contributed by atoms with van der Waals surface area (Å²) in [6.07, 6.45) is 1.36. The van der Waals surface area contributed by atoms with Gasteiger partial charge in [0.1, 0.15) is 11.8 Å². The molecule has 1 aromatic heterocycles. The number of nitrogens with one attached hydrogen (secondary N) is 1. The Kier molecular flexibility index (Phi) is 3.23. The molecule has 1 aromatic carbocycles. The van der Waals surface area contributed by atoms with Crippen molar-refractivity contribution in [3.05, 3.63) is 52.9 Å². The molecule has 1 heterocycles. The number of benzene rings is 1. The van der Waals surface area contributed by atoms with Crippen molar-refractivity contribution < 1.29 is 9.32 Å². The van der Waals surface area contributed by atoms with Gasteiger partial charge in [0, 0.05) is 6.54 Å². The minimum absolute atomic E-state index is 0.163. The highest BCUT2D eigenvalue weighted by Gasteiger charge is 2.11. The predicted octanol–water partition coefficient (Wildman–Crippen LogP) is 2.22. The van der Waals surface area contributed by atoms with E-state index in [1.54, 1.807) is 6.92 Å². The van der Waals surface area contributed by atoms with E-state index in [9.17, 15) is 4.79 Å². The lowest BCUT2D eigenvalue weighted by Gasteiger charge is -2.04. The lowest BCUT2D eigenvalue weighted by molar-refractivity contribution is 0.0950. The largest absolute Gasteiger partial charge is 0.364 e. The van der Waals surface area contributed by atoms with Crippen LogP contribution in [0.4, 0.5) is 0 Å². The number of nitrogens with zero attached hydrogens (tertiary/aromatic N) is 1. The standard InChI is InChI=1S/C13H14N2O2/c1-9-3-5-11(6-4-9)7-14-13(16)12-8-17-15-10(12)2/h3-6,8H,7H2,1-2H3,(H,14,16). The molecule has 0 bridgehead atoms. The molecule has 2 rings (SSSR count). The first-order valence-electron chi connectivity index (χ1n) is 5.41. The van der Waals surface area contributed by atoms with E-state index in [4.69, 9.17) is 4.52 Å². The molecular formula is C13H14N2O2. The molecule has 17 heavy (non-hydrogen) atoms. The molecule has 0 fully saturated rings. The number of hydrogen-bond donors (Lipinski definition) is 1. The van der Waals surface area contributed by atoms with Gasteiger partial charge in [-0.2, -0.15) is 0 Å². The van der Waals surface area contributed by atoms with Gasteiger partial charge in [0.05, 0.1) is 5.69 Å². The molecule has 1 amide bonds. The first-order valence-corrected chi connectivity index (χ1v) is 5.41. The van der Waals surface area contributed by atoms with Crippen LogP contribution in [-0.2, 0) is 6.54 Å². The van der Waals surface area contributed by atoms with Crippen LogP contribution in [0.15, 0.2) is 35.1 Å². The molecule has 0 aliphatic rings. The van der Waals surface area contributed by atoms with E-state index in [0.29, 0.717) is 17.8 Å². The summed E-state index contributed by atoms with van der Waals surface area (Å²) < 4.78 is 4.72. The Hall–Kier alpha value is -2.10. The van der Waals surface area contributed by atoms with Crippen LogP contribution < -0.4 is 5.32 Å². The van der Waals surface area contributed by atoms with E-state index in [1.807, 2.05) is 31.2 Å². The Labute approximate surface area is 99.6 Å². The molecule has 1 N–H and O–H groups in total. The SMILES string of the molecule is Cc1ccc(CNC(=O)c2conc2C)cc1. The van der Waals surface area contributed by atoms with Crippen LogP contribution in [0.5, 0.6) is 0 Å². The van der Waals surface area contributed by atoms with Gasteiger partial charge < -0.3 is 9.84 Å². The van der Waals surface area contributed by atoms with Crippen LogP contribution >= 0.6 is 0 Å². The maximum absolute atomic E-state index is 11.8. The van der Waals surface area contributed by atoms with Crippen molar-refractivity contribution in [1.82, 2.24) is 10.5 Å². The Morgan fingerprint density at radius 2 is 2.00 bits per heavy atom. The van der Waals surface area contributed by atoms with Gasteiger partial charge in [-0.3, -0.25) is 4.79 Å². The van der Waals surface area contributed by atoms with Crippen molar-refractivity contribution in [2.24, 2.45) is 0 Å². The molecular weight excluding hydrogens is 216 g/mol. The third-order valence-electron chi connectivity index (χ3n) is 2.57. The number of rotatable bonds is 3. The zero-order valence-electron chi connectivity index (χ0n) is 9.86. The molecule has 0 spiro atoms. The van der Waals surface area contributed by atoms with Crippen LogP contribution in [0.1, 0.15) is 27.2 Å². The Morgan fingerprint density at radius 3 is 2.59 bits per heavy atom. The molecule has 0 radical (unpaired) electrons. The summed E-state index contributed by atoms with van der Waals surface area (Å²) in [5, 5.41) is 6.49. The third-order valence-corrected chi connectivity index (χ3v) is 2.57. The zero-order chi connectivity index (χ0) is 12.3. The van der Waals surface area contributed by atoms with E-state index in [1.165, 1.54) is 11.8 Å². The molecule has 2 aromatic rings. The first-order chi connectivity index (χ1) is 8.16. The van der Waals surface area contributed by atoms with Gasteiger partial charge in [-0.1, -0.05) is 35.0 Å². The van der Waals surface area contributed by atoms with E-state index in [-0.39, 0.29) is 5.91 Å². The molecule has 0 saturated heterocycles. The van der Waals surface area contributed by atoms with E-state index in [2.05, 4.69) is 10.5 Å². The normalized spacial score (nSPS) is 10.2. The fourth-order valence-electron chi connectivity index (χ4n) is 1.49. The Balaban J connectivity index is 1.97. The van der Waals surface area contributed by atoms with Gasteiger partial charge in [-0.25, -0.2) is 0 Å². The Bertz CT molecular complexity index is 514. The molecule has 0 aliphatic heterocycles. The van der Waals surface area contributed by atoms with Crippen molar-refractivity contribution in [1.29, 1.82) is 0 Å². The molecule has 88 valence electrons. The van der Waals surface area contributed by atoms with E-state index < -0.39 is 0 Å².